The Bertz CT molecular complexity index is 884. The number of nitrogens with zero attached hydrogens (tertiary/aromatic N) is 1. The maximum atomic E-state index is 12.7. The molecule has 1 unspecified atom stereocenters. The van der Waals surface area contributed by atoms with Gasteiger partial charge in [0.15, 0.2) is 0 Å². The molecule has 1 N–H and O–H groups in total. The summed E-state index contributed by atoms with van der Waals surface area (Å²) >= 11 is 6.13. The van der Waals surface area contributed by atoms with Crippen LogP contribution in [0.1, 0.15) is 12.0 Å². The number of ether oxygens (including phenoxy) is 2. The number of para-hydroxylation sites is 1. The Labute approximate surface area is 163 Å². The number of nitrogens with one attached hydrogen (secondary N) is 1. The van der Waals surface area contributed by atoms with Gasteiger partial charge in [0.2, 0.25) is 11.8 Å². The van der Waals surface area contributed by atoms with Crippen molar-refractivity contribution in [3.8, 4) is 11.5 Å². The van der Waals surface area contributed by atoms with Crippen molar-refractivity contribution >= 4 is 34.8 Å². The van der Waals surface area contributed by atoms with E-state index in [1.54, 1.807) is 17.0 Å². The summed E-state index contributed by atoms with van der Waals surface area (Å²) in [7, 11) is 3.01. The van der Waals surface area contributed by atoms with Gasteiger partial charge in [-0.2, -0.15) is 0 Å². The first-order valence-electron chi connectivity index (χ1n) is 8.53. The van der Waals surface area contributed by atoms with E-state index in [2.05, 4.69) is 5.32 Å². The number of halogens is 1. The molecule has 1 aliphatic rings. The fourth-order valence-corrected chi connectivity index (χ4v) is 3.35. The van der Waals surface area contributed by atoms with E-state index in [4.69, 9.17) is 21.1 Å². The van der Waals surface area contributed by atoms with Crippen LogP contribution in [0.5, 0.6) is 11.5 Å². The molecule has 1 saturated heterocycles. The standard InChI is InChI=1S/C20H21ClN2O4/c1-12-6-4-5-7-15(12)22-20(25)13-8-19(24)23(11-13)16-10-17(26-2)14(21)9-18(16)27-3/h4-7,9-10,13H,8,11H2,1-3H3,(H,22,25). The van der Waals surface area contributed by atoms with Crippen LogP contribution in [-0.2, 0) is 9.59 Å². The number of benzene rings is 2. The van der Waals surface area contributed by atoms with Gasteiger partial charge >= 0.3 is 0 Å². The fraction of sp³-hybridized carbons (Fsp3) is 0.300. The van der Waals surface area contributed by atoms with Gasteiger partial charge in [-0.15, -0.1) is 0 Å². The van der Waals surface area contributed by atoms with Crippen LogP contribution in [-0.4, -0.2) is 32.6 Å². The Morgan fingerprint density at radius 2 is 1.89 bits per heavy atom. The zero-order valence-electron chi connectivity index (χ0n) is 15.4. The van der Waals surface area contributed by atoms with Crippen LogP contribution in [0.25, 0.3) is 0 Å². The molecule has 6 nitrogen and oxygen atoms in total. The van der Waals surface area contributed by atoms with Crippen molar-refractivity contribution in [2.75, 3.05) is 31.0 Å². The predicted octanol–water partition coefficient (Wildman–Crippen LogP) is 3.66. The van der Waals surface area contributed by atoms with Crippen molar-refractivity contribution in [3.63, 3.8) is 0 Å². The van der Waals surface area contributed by atoms with Crippen LogP contribution in [0.15, 0.2) is 36.4 Å². The van der Waals surface area contributed by atoms with E-state index in [0.717, 1.165) is 11.3 Å². The first-order valence-corrected chi connectivity index (χ1v) is 8.90. The van der Waals surface area contributed by atoms with Crippen molar-refractivity contribution in [2.24, 2.45) is 5.92 Å². The Morgan fingerprint density at radius 3 is 2.56 bits per heavy atom. The SMILES string of the molecule is COc1cc(N2CC(C(=O)Nc3ccccc3C)CC2=O)c(OC)cc1Cl. The number of anilines is 2. The van der Waals surface area contributed by atoms with Gasteiger partial charge in [-0.3, -0.25) is 9.59 Å². The summed E-state index contributed by atoms with van der Waals surface area (Å²) in [5, 5.41) is 3.30. The highest BCUT2D eigenvalue weighted by molar-refractivity contribution is 6.32. The molecule has 0 radical (unpaired) electrons. The van der Waals surface area contributed by atoms with Crippen molar-refractivity contribution in [2.45, 2.75) is 13.3 Å². The lowest BCUT2D eigenvalue weighted by Crippen LogP contribution is -2.28. The van der Waals surface area contributed by atoms with Gasteiger partial charge in [-0.25, -0.2) is 0 Å². The first-order chi connectivity index (χ1) is 12.9. The molecule has 142 valence electrons. The topological polar surface area (TPSA) is 67.9 Å². The average molecular weight is 389 g/mol. The number of hydrogen-bond acceptors (Lipinski definition) is 4. The Morgan fingerprint density at radius 1 is 1.19 bits per heavy atom. The molecule has 1 atom stereocenters. The van der Waals surface area contributed by atoms with E-state index in [1.807, 2.05) is 31.2 Å². The van der Waals surface area contributed by atoms with Crippen molar-refractivity contribution in [1.29, 1.82) is 0 Å². The van der Waals surface area contributed by atoms with Gasteiger partial charge in [0, 0.05) is 30.8 Å². The minimum Gasteiger partial charge on any atom is -0.495 e. The van der Waals surface area contributed by atoms with Gasteiger partial charge < -0.3 is 19.7 Å². The molecule has 0 saturated carbocycles. The molecule has 0 bridgehead atoms. The van der Waals surface area contributed by atoms with Crippen molar-refractivity contribution in [1.82, 2.24) is 0 Å². The number of amides is 2. The lowest BCUT2D eigenvalue weighted by Gasteiger charge is -2.21. The molecule has 0 spiro atoms. The van der Waals surface area contributed by atoms with Crippen LogP contribution >= 0.6 is 11.6 Å². The minimum absolute atomic E-state index is 0.131. The molecule has 0 aromatic heterocycles. The van der Waals surface area contributed by atoms with E-state index >= 15 is 0 Å². The largest absolute Gasteiger partial charge is 0.495 e. The lowest BCUT2D eigenvalue weighted by atomic mass is 10.1. The molecule has 2 aromatic carbocycles. The highest BCUT2D eigenvalue weighted by Gasteiger charge is 2.36. The zero-order valence-corrected chi connectivity index (χ0v) is 16.2. The monoisotopic (exact) mass is 388 g/mol. The summed E-state index contributed by atoms with van der Waals surface area (Å²) in [5.41, 5.74) is 2.25. The van der Waals surface area contributed by atoms with Crippen LogP contribution in [0.2, 0.25) is 5.02 Å². The van der Waals surface area contributed by atoms with Gasteiger partial charge in [-0.1, -0.05) is 29.8 Å². The summed E-state index contributed by atoms with van der Waals surface area (Å²) in [6, 6.07) is 10.8. The number of aryl methyl sites for hydroxylation is 1. The molecule has 1 fully saturated rings. The summed E-state index contributed by atoms with van der Waals surface area (Å²) in [5.74, 6) is 0.105. The van der Waals surface area contributed by atoms with Gasteiger partial charge in [0.25, 0.3) is 0 Å². The second-order valence-electron chi connectivity index (χ2n) is 6.37. The van der Waals surface area contributed by atoms with E-state index in [-0.39, 0.29) is 24.8 Å². The summed E-state index contributed by atoms with van der Waals surface area (Å²) in [4.78, 5) is 26.8. The van der Waals surface area contributed by atoms with Crippen LogP contribution in [0.3, 0.4) is 0 Å². The van der Waals surface area contributed by atoms with Gasteiger partial charge in [-0.05, 0) is 18.6 Å². The quantitative estimate of drug-likeness (QED) is 0.848. The Balaban J connectivity index is 1.81. The minimum atomic E-state index is -0.455. The van der Waals surface area contributed by atoms with Gasteiger partial charge in [0.05, 0.1) is 30.8 Å². The molecule has 7 heteroatoms. The van der Waals surface area contributed by atoms with E-state index in [1.165, 1.54) is 14.2 Å². The van der Waals surface area contributed by atoms with Crippen molar-refractivity contribution in [3.05, 3.63) is 47.0 Å². The zero-order chi connectivity index (χ0) is 19.6. The molecule has 2 amide bonds. The smallest absolute Gasteiger partial charge is 0.229 e. The van der Waals surface area contributed by atoms with Gasteiger partial charge in [0.1, 0.15) is 11.5 Å². The third kappa shape index (κ3) is 3.85. The molecule has 1 aliphatic heterocycles. The molecular weight excluding hydrogens is 368 g/mol. The average Bonchev–Trinajstić information content (AvgIpc) is 3.05. The number of hydrogen-bond donors (Lipinski definition) is 1. The summed E-state index contributed by atoms with van der Waals surface area (Å²) < 4.78 is 10.6. The van der Waals surface area contributed by atoms with E-state index in [0.29, 0.717) is 22.2 Å². The molecular formula is C20H21ClN2O4. The summed E-state index contributed by atoms with van der Waals surface area (Å²) in [6.07, 6.45) is 0.131. The third-order valence-corrected chi connectivity index (χ3v) is 4.94. The van der Waals surface area contributed by atoms with Crippen LogP contribution < -0.4 is 19.7 Å². The van der Waals surface area contributed by atoms with E-state index in [9.17, 15) is 9.59 Å². The maximum Gasteiger partial charge on any atom is 0.229 e. The number of rotatable bonds is 5. The molecule has 3 rings (SSSR count). The molecule has 0 aliphatic carbocycles. The predicted molar refractivity (Wildman–Crippen MR) is 105 cm³/mol. The molecule has 27 heavy (non-hydrogen) atoms. The summed E-state index contributed by atoms with van der Waals surface area (Å²) in [6.45, 7) is 2.18. The fourth-order valence-electron chi connectivity index (χ4n) is 3.12. The van der Waals surface area contributed by atoms with E-state index < -0.39 is 5.92 Å². The van der Waals surface area contributed by atoms with Crippen LogP contribution in [0.4, 0.5) is 11.4 Å². The third-order valence-electron chi connectivity index (χ3n) is 4.64. The number of carbonyl (C=O) groups is 2. The highest BCUT2D eigenvalue weighted by atomic mass is 35.5. The normalized spacial score (nSPS) is 16.4. The van der Waals surface area contributed by atoms with Crippen LogP contribution in [0, 0.1) is 12.8 Å². The number of carbonyl (C=O) groups excluding carboxylic acids is 2. The van der Waals surface area contributed by atoms with Crippen molar-refractivity contribution < 1.29 is 19.1 Å². The Hall–Kier alpha value is -2.73. The maximum absolute atomic E-state index is 12.7. The number of methoxy groups -OCH3 is 2. The lowest BCUT2D eigenvalue weighted by molar-refractivity contribution is -0.122. The Kier molecular flexibility index (Phi) is 5.56. The highest BCUT2D eigenvalue weighted by Crippen LogP contribution is 2.40. The molecule has 2 aromatic rings. The molecule has 1 heterocycles. The first kappa shape index (κ1) is 19.0. The second kappa shape index (κ2) is 7.88. The second-order valence-corrected chi connectivity index (χ2v) is 6.78.